The zero-order valence-electron chi connectivity index (χ0n) is 14.1. The Labute approximate surface area is 153 Å². The van der Waals surface area contributed by atoms with E-state index in [4.69, 9.17) is 6.42 Å². The van der Waals surface area contributed by atoms with E-state index < -0.39 is 6.04 Å². The van der Waals surface area contributed by atoms with Gasteiger partial charge in [0.15, 0.2) is 5.65 Å². The molecule has 0 saturated carbocycles. The number of nitrogens with zero attached hydrogens (tertiary/aromatic N) is 3. The zero-order chi connectivity index (χ0) is 18.8. The summed E-state index contributed by atoms with van der Waals surface area (Å²) >= 11 is 0. The number of halogens is 1. The van der Waals surface area contributed by atoms with Crippen LogP contribution in [0.3, 0.4) is 0 Å². The Kier molecular flexibility index (Phi) is 4.15. The first-order chi connectivity index (χ1) is 13.2. The van der Waals surface area contributed by atoms with Gasteiger partial charge in [-0.1, -0.05) is 36.3 Å². The van der Waals surface area contributed by atoms with Gasteiger partial charge in [0.25, 0.3) is 5.56 Å². The molecule has 2 aromatic carbocycles. The van der Waals surface area contributed by atoms with Gasteiger partial charge >= 0.3 is 0 Å². The molecule has 0 bridgehead atoms. The summed E-state index contributed by atoms with van der Waals surface area (Å²) in [5.41, 5.74) is 1.53. The Hall–Kier alpha value is -3.92. The van der Waals surface area contributed by atoms with Crippen molar-refractivity contribution in [1.29, 1.82) is 0 Å². The molecular formula is C20H14FN5O. The molecule has 4 aromatic rings. The lowest BCUT2D eigenvalue weighted by Crippen LogP contribution is -2.16. The monoisotopic (exact) mass is 359 g/mol. The lowest BCUT2D eigenvalue weighted by atomic mass is 10.1. The van der Waals surface area contributed by atoms with Gasteiger partial charge in [0.2, 0.25) is 5.95 Å². The van der Waals surface area contributed by atoms with Crippen LogP contribution in [-0.2, 0) is 0 Å². The number of benzene rings is 2. The van der Waals surface area contributed by atoms with Crippen molar-refractivity contribution < 1.29 is 4.39 Å². The Morgan fingerprint density at radius 3 is 2.59 bits per heavy atom. The summed E-state index contributed by atoms with van der Waals surface area (Å²) in [4.78, 5) is 19.5. The van der Waals surface area contributed by atoms with Crippen molar-refractivity contribution in [2.45, 2.75) is 6.04 Å². The molecule has 2 heterocycles. The maximum absolute atomic E-state index is 13.1. The second-order valence-electron chi connectivity index (χ2n) is 5.84. The van der Waals surface area contributed by atoms with E-state index in [9.17, 15) is 9.18 Å². The van der Waals surface area contributed by atoms with Crippen molar-refractivity contribution in [1.82, 2.24) is 19.7 Å². The lowest BCUT2D eigenvalue weighted by molar-refractivity contribution is 0.627. The van der Waals surface area contributed by atoms with Crippen molar-refractivity contribution >= 4 is 17.0 Å². The highest BCUT2D eigenvalue weighted by Gasteiger charge is 2.14. The predicted molar refractivity (Wildman–Crippen MR) is 101 cm³/mol. The number of anilines is 1. The molecule has 0 radical (unpaired) electrons. The topological polar surface area (TPSA) is 75.6 Å². The van der Waals surface area contributed by atoms with Crippen LogP contribution in [-0.4, -0.2) is 19.7 Å². The third-order valence-corrected chi connectivity index (χ3v) is 4.09. The molecule has 2 N–H and O–H groups in total. The highest BCUT2D eigenvalue weighted by Crippen LogP contribution is 2.19. The third-order valence-electron chi connectivity index (χ3n) is 4.09. The van der Waals surface area contributed by atoms with Gasteiger partial charge in [-0.15, -0.1) is 6.42 Å². The summed E-state index contributed by atoms with van der Waals surface area (Å²) in [6.07, 6.45) is 7.07. The number of fused-ring (bicyclic) bond motifs is 1. The predicted octanol–water partition coefficient (Wildman–Crippen LogP) is 3.03. The van der Waals surface area contributed by atoms with Gasteiger partial charge in [0, 0.05) is 0 Å². The molecule has 2 aromatic heterocycles. The first kappa shape index (κ1) is 16.5. The molecule has 0 saturated heterocycles. The number of para-hydroxylation sites is 1. The highest BCUT2D eigenvalue weighted by atomic mass is 19.1. The zero-order valence-corrected chi connectivity index (χ0v) is 14.1. The Morgan fingerprint density at radius 1 is 1.15 bits per heavy atom. The van der Waals surface area contributed by atoms with E-state index in [0.717, 1.165) is 5.69 Å². The molecule has 1 unspecified atom stereocenters. The van der Waals surface area contributed by atoms with E-state index in [1.165, 1.54) is 18.3 Å². The van der Waals surface area contributed by atoms with Crippen LogP contribution < -0.4 is 10.9 Å². The fraction of sp³-hybridized carbons (Fsp3) is 0.0500. The van der Waals surface area contributed by atoms with E-state index in [2.05, 4.69) is 26.3 Å². The average Bonchev–Trinajstić information content (AvgIpc) is 3.12. The highest BCUT2D eigenvalue weighted by molar-refractivity contribution is 5.76. The second-order valence-corrected chi connectivity index (χ2v) is 5.84. The van der Waals surface area contributed by atoms with Crippen LogP contribution in [0.2, 0.25) is 0 Å². The number of hydrogen-bond donors (Lipinski definition) is 2. The summed E-state index contributed by atoms with van der Waals surface area (Å²) < 4.78 is 14.7. The van der Waals surface area contributed by atoms with E-state index in [-0.39, 0.29) is 17.3 Å². The summed E-state index contributed by atoms with van der Waals surface area (Å²) in [6, 6.07) is 14.6. The van der Waals surface area contributed by atoms with Crippen LogP contribution in [0.5, 0.6) is 0 Å². The number of terminal acetylenes is 1. The molecule has 0 aliphatic carbocycles. The van der Waals surface area contributed by atoms with Crippen LogP contribution in [0.4, 0.5) is 10.3 Å². The Bertz CT molecular complexity index is 1190. The fourth-order valence-corrected chi connectivity index (χ4v) is 2.76. The largest absolute Gasteiger partial charge is 0.338 e. The van der Waals surface area contributed by atoms with Gasteiger partial charge in [-0.05, 0) is 29.8 Å². The number of H-pyrrole nitrogens is 1. The van der Waals surface area contributed by atoms with Crippen LogP contribution in [0, 0.1) is 18.2 Å². The summed E-state index contributed by atoms with van der Waals surface area (Å²) in [7, 11) is 0. The molecule has 7 heteroatoms. The number of aromatic amines is 1. The smallest absolute Gasteiger partial charge is 0.263 e. The van der Waals surface area contributed by atoms with E-state index >= 15 is 0 Å². The fourth-order valence-electron chi connectivity index (χ4n) is 2.76. The summed E-state index contributed by atoms with van der Waals surface area (Å²) in [5.74, 6) is 2.43. The molecule has 27 heavy (non-hydrogen) atoms. The molecule has 132 valence electrons. The normalized spacial score (nSPS) is 11.9. The molecule has 0 aliphatic rings. The Morgan fingerprint density at radius 2 is 1.89 bits per heavy atom. The van der Waals surface area contributed by atoms with Crippen molar-refractivity contribution in [3.8, 4) is 18.0 Å². The first-order valence-electron chi connectivity index (χ1n) is 8.17. The van der Waals surface area contributed by atoms with E-state index in [1.807, 2.05) is 30.3 Å². The van der Waals surface area contributed by atoms with Gasteiger partial charge in [-0.2, -0.15) is 10.1 Å². The molecule has 0 fully saturated rings. The van der Waals surface area contributed by atoms with Crippen LogP contribution in [0.1, 0.15) is 11.6 Å². The number of nitrogens with one attached hydrogen (secondary N) is 2. The molecule has 0 aliphatic heterocycles. The molecule has 1 atom stereocenters. The van der Waals surface area contributed by atoms with E-state index in [0.29, 0.717) is 16.6 Å². The van der Waals surface area contributed by atoms with Gasteiger partial charge < -0.3 is 5.32 Å². The van der Waals surface area contributed by atoms with Gasteiger partial charge in [0.1, 0.15) is 17.2 Å². The van der Waals surface area contributed by atoms with Gasteiger partial charge in [0.05, 0.1) is 11.9 Å². The molecule has 4 rings (SSSR count). The summed E-state index contributed by atoms with van der Waals surface area (Å²) in [5, 5.41) is 7.62. The Balaban J connectivity index is 1.75. The van der Waals surface area contributed by atoms with Crippen molar-refractivity contribution in [2.24, 2.45) is 0 Å². The van der Waals surface area contributed by atoms with E-state index in [1.54, 1.807) is 16.8 Å². The first-order valence-corrected chi connectivity index (χ1v) is 8.17. The van der Waals surface area contributed by atoms with Crippen LogP contribution >= 0.6 is 0 Å². The molecule has 6 nitrogen and oxygen atoms in total. The number of aromatic nitrogens is 4. The van der Waals surface area contributed by atoms with Crippen LogP contribution in [0.25, 0.3) is 16.7 Å². The molecule has 0 spiro atoms. The minimum atomic E-state index is -0.584. The number of hydrogen-bond acceptors (Lipinski definition) is 4. The third kappa shape index (κ3) is 3.16. The number of rotatable bonds is 4. The average molecular weight is 359 g/mol. The lowest BCUT2D eigenvalue weighted by Gasteiger charge is -2.14. The second kappa shape index (κ2) is 6.77. The molecule has 0 amide bonds. The van der Waals surface area contributed by atoms with Crippen molar-refractivity contribution in [3.63, 3.8) is 0 Å². The maximum Gasteiger partial charge on any atom is 0.263 e. The minimum absolute atomic E-state index is 0.206. The quantitative estimate of drug-likeness (QED) is 0.549. The SMILES string of the molecule is C#CC(Nc1nc2c(cnn2-c2ccccc2)c(=O)[nH]1)c1ccc(F)cc1. The van der Waals surface area contributed by atoms with Crippen LogP contribution in [0.15, 0.2) is 65.6 Å². The van der Waals surface area contributed by atoms with Gasteiger partial charge in [-0.3, -0.25) is 9.78 Å². The summed E-state index contributed by atoms with van der Waals surface area (Å²) in [6.45, 7) is 0. The van der Waals surface area contributed by atoms with Gasteiger partial charge in [-0.25, -0.2) is 9.07 Å². The molecular weight excluding hydrogens is 345 g/mol. The minimum Gasteiger partial charge on any atom is -0.338 e. The van der Waals surface area contributed by atoms with Crippen molar-refractivity contribution in [3.05, 3.63) is 82.5 Å². The standard InChI is InChI=1S/C20H14FN5O/c1-2-17(13-8-10-14(21)11-9-13)23-20-24-18-16(19(27)25-20)12-22-26(18)15-6-4-3-5-7-15/h1,3-12,17H,(H2,23,24,25,27). The maximum atomic E-state index is 13.1. The van der Waals surface area contributed by atoms with Crippen molar-refractivity contribution in [2.75, 3.05) is 5.32 Å².